The minimum absolute atomic E-state index is 0.115. The van der Waals surface area contributed by atoms with Crippen molar-refractivity contribution in [2.45, 2.75) is 39.3 Å². The highest BCUT2D eigenvalue weighted by Gasteiger charge is 2.43. The molecule has 4 rings (SSSR count). The molecule has 25 heavy (non-hydrogen) atoms. The summed E-state index contributed by atoms with van der Waals surface area (Å²) in [5.74, 6) is 0.644. The number of carbonyl (C=O) groups is 1. The van der Waals surface area contributed by atoms with E-state index in [1.54, 1.807) is 0 Å². The second-order valence-corrected chi connectivity index (χ2v) is 6.65. The number of rotatable bonds is 6. The molecule has 2 unspecified atom stereocenters. The summed E-state index contributed by atoms with van der Waals surface area (Å²) in [5.41, 5.74) is 4.35. The summed E-state index contributed by atoms with van der Waals surface area (Å²) in [4.78, 5) is 12.3. The van der Waals surface area contributed by atoms with Crippen LogP contribution >= 0.6 is 0 Å². The van der Waals surface area contributed by atoms with Gasteiger partial charge in [0, 0.05) is 19.0 Å². The Morgan fingerprint density at radius 1 is 1.28 bits per heavy atom. The highest BCUT2D eigenvalue weighted by Crippen LogP contribution is 2.47. The molecule has 1 N–H and O–H groups in total. The van der Waals surface area contributed by atoms with E-state index in [0.29, 0.717) is 19.0 Å². The molecule has 0 radical (unpaired) electrons. The fourth-order valence-electron chi connectivity index (χ4n) is 3.60. The first kappa shape index (κ1) is 15.9. The Morgan fingerprint density at radius 2 is 2.08 bits per heavy atom. The molecule has 0 saturated heterocycles. The smallest absolute Gasteiger partial charge is 0.223 e. The van der Waals surface area contributed by atoms with Gasteiger partial charge in [-0.3, -0.25) is 14.2 Å². The van der Waals surface area contributed by atoms with Crippen molar-refractivity contribution in [1.82, 2.24) is 24.9 Å². The first-order chi connectivity index (χ1) is 12.2. The van der Waals surface area contributed by atoms with Crippen LogP contribution in [0.25, 0.3) is 11.0 Å². The van der Waals surface area contributed by atoms with E-state index in [-0.39, 0.29) is 11.8 Å². The van der Waals surface area contributed by atoms with Crippen molar-refractivity contribution in [2.75, 3.05) is 6.54 Å². The van der Waals surface area contributed by atoms with Gasteiger partial charge in [0.05, 0.1) is 18.4 Å². The van der Waals surface area contributed by atoms with Crippen molar-refractivity contribution in [3.05, 3.63) is 47.8 Å². The van der Waals surface area contributed by atoms with Gasteiger partial charge in [0.1, 0.15) is 11.0 Å². The molecule has 0 spiro atoms. The van der Waals surface area contributed by atoms with Crippen LogP contribution in [0.1, 0.15) is 30.5 Å². The highest BCUT2D eigenvalue weighted by atomic mass is 16.2. The van der Waals surface area contributed by atoms with E-state index >= 15 is 0 Å². The highest BCUT2D eigenvalue weighted by molar-refractivity contribution is 5.83. The molecule has 3 aromatic rings. The van der Waals surface area contributed by atoms with Crippen LogP contribution in [-0.4, -0.2) is 32.0 Å². The Balaban J connectivity index is 1.34. The number of nitrogens with zero attached hydrogens (tertiary/aromatic N) is 4. The van der Waals surface area contributed by atoms with Crippen molar-refractivity contribution in [1.29, 1.82) is 0 Å². The molecule has 2 heterocycles. The van der Waals surface area contributed by atoms with Crippen LogP contribution in [-0.2, 0) is 17.9 Å². The van der Waals surface area contributed by atoms with Gasteiger partial charge < -0.3 is 5.32 Å². The number of amides is 1. The van der Waals surface area contributed by atoms with Gasteiger partial charge in [0.25, 0.3) is 0 Å². The van der Waals surface area contributed by atoms with Crippen molar-refractivity contribution in [3.63, 3.8) is 0 Å². The average molecular weight is 337 g/mol. The molecule has 1 aliphatic rings. The van der Waals surface area contributed by atoms with Gasteiger partial charge >= 0.3 is 0 Å². The van der Waals surface area contributed by atoms with Crippen LogP contribution in [0.3, 0.4) is 0 Å². The van der Waals surface area contributed by atoms with Crippen molar-refractivity contribution >= 4 is 16.9 Å². The maximum absolute atomic E-state index is 12.3. The molecule has 6 nitrogen and oxygen atoms in total. The molecule has 1 saturated carbocycles. The number of aryl methyl sites for hydroxylation is 2. The lowest BCUT2D eigenvalue weighted by molar-refractivity contribution is -0.122. The molecular formula is C19H23N5O. The third-order valence-corrected chi connectivity index (χ3v) is 4.99. The summed E-state index contributed by atoms with van der Waals surface area (Å²) in [6, 6.07) is 10.3. The van der Waals surface area contributed by atoms with Crippen molar-refractivity contribution in [2.24, 2.45) is 5.92 Å². The number of benzene rings is 1. The van der Waals surface area contributed by atoms with E-state index in [1.165, 1.54) is 5.56 Å². The average Bonchev–Trinajstić information content (AvgIpc) is 3.23. The predicted molar refractivity (Wildman–Crippen MR) is 96.2 cm³/mol. The van der Waals surface area contributed by atoms with Crippen LogP contribution in [0, 0.1) is 12.8 Å². The Kier molecular flexibility index (Phi) is 4.03. The summed E-state index contributed by atoms with van der Waals surface area (Å²) < 4.78 is 3.90. The molecule has 1 aliphatic carbocycles. The Hall–Kier alpha value is -2.63. The van der Waals surface area contributed by atoms with E-state index in [0.717, 1.165) is 29.7 Å². The summed E-state index contributed by atoms with van der Waals surface area (Å²) in [6.45, 7) is 6.15. The van der Waals surface area contributed by atoms with Gasteiger partial charge in [0.15, 0.2) is 0 Å². The SMILES string of the molecule is CCn1nc(C)c2c1cnn2CCNC(=O)C1CC1c1ccccc1. The molecule has 0 bridgehead atoms. The maximum atomic E-state index is 12.3. The van der Waals surface area contributed by atoms with Gasteiger partial charge in [-0.2, -0.15) is 10.2 Å². The van der Waals surface area contributed by atoms with Gasteiger partial charge in [-0.25, -0.2) is 0 Å². The third kappa shape index (κ3) is 2.92. The first-order valence-corrected chi connectivity index (χ1v) is 8.90. The summed E-state index contributed by atoms with van der Waals surface area (Å²) >= 11 is 0. The maximum Gasteiger partial charge on any atom is 0.223 e. The lowest BCUT2D eigenvalue weighted by Gasteiger charge is -2.06. The standard InChI is InChI=1S/C19H23N5O/c1-3-23-17-12-21-24(18(17)13(2)22-23)10-9-20-19(25)16-11-15(16)14-7-5-4-6-8-14/h4-8,12,15-16H,3,9-11H2,1-2H3,(H,20,25). The van der Waals surface area contributed by atoms with Gasteiger partial charge in [-0.15, -0.1) is 0 Å². The Morgan fingerprint density at radius 3 is 2.84 bits per heavy atom. The molecule has 1 amide bonds. The monoisotopic (exact) mass is 337 g/mol. The van der Waals surface area contributed by atoms with Crippen molar-refractivity contribution < 1.29 is 4.79 Å². The summed E-state index contributed by atoms with van der Waals surface area (Å²) in [7, 11) is 0. The van der Waals surface area contributed by atoms with Gasteiger partial charge in [0.2, 0.25) is 5.91 Å². The molecule has 2 aromatic heterocycles. The van der Waals surface area contributed by atoms with Crippen LogP contribution in [0.5, 0.6) is 0 Å². The molecule has 6 heteroatoms. The zero-order valence-electron chi connectivity index (χ0n) is 14.6. The summed E-state index contributed by atoms with van der Waals surface area (Å²) in [6.07, 6.45) is 2.80. The van der Waals surface area contributed by atoms with E-state index in [9.17, 15) is 4.79 Å². The molecule has 2 atom stereocenters. The Bertz CT molecular complexity index is 895. The molecular weight excluding hydrogens is 314 g/mol. The number of hydrogen-bond acceptors (Lipinski definition) is 3. The number of carbonyl (C=O) groups excluding carboxylic acids is 1. The minimum Gasteiger partial charge on any atom is -0.354 e. The lowest BCUT2D eigenvalue weighted by atomic mass is 10.1. The minimum atomic E-state index is 0.115. The van der Waals surface area contributed by atoms with E-state index in [1.807, 2.05) is 40.7 Å². The van der Waals surface area contributed by atoms with Crippen LogP contribution in [0.15, 0.2) is 36.5 Å². The van der Waals surface area contributed by atoms with Crippen LogP contribution < -0.4 is 5.32 Å². The zero-order valence-corrected chi connectivity index (χ0v) is 14.6. The largest absolute Gasteiger partial charge is 0.354 e. The molecule has 130 valence electrons. The van der Waals surface area contributed by atoms with E-state index in [4.69, 9.17) is 0 Å². The van der Waals surface area contributed by atoms with E-state index in [2.05, 4.69) is 34.6 Å². The zero-order chi connectivity index (χ0) is 17.4. The fourth-order valence-corrected chi connectivity index (χ4v) is 3.60. The van der Waals surface area contributed by atoms with E-state index < -0.39 is 0 Å². The second-order valence-electron chi connectivity index (χ2n) is 6.65. The third-order valence-electron chi connectivity index (χ3n) is 4.99. The van der Waals surface area contributed by atoms with Gasteiger partial charge in [-0.1, -0.05) is 30.3 Å². The number of fused-ring (bicyclic) bond motifs is 1. The van der Waals surface area contributed by atoms with Crippen LogP contribution in [0.2, 0.25) is 0 Å². The molecule has 1 fully saturated rings. The van der Waals surface area contributed by atoms with Gasteiger partial charge in [-0.05, 0) is 31.7 Å². The number of hydrogen-bond donors (Lipinski definition) is 1. The fraction of sp³-hybridized carbons (Fsp3) is 0.421. The molecule has 0 aliphatic heterocycles. The normalized spacial score (nSPS) is 19.3. The summed E-state index contributed by atoms with van der Waals surface area (Å²) in [5, 5.41) is 12.0. The second kappa shape index (κ2) is 6.35. The lowest BCUT2D eigenvalue weighted by Crippen LogP contribution is -2.29. The molecule has 1 aromatic carbocycles. The predicted octanol–water partition coefficient (Wildman–Crippen LogP) is 2.48. The van der Waals surface area contributed by atoms with Crippen molar-refractivity contribution in [3.8, 4) is 0 Å². The topological polar surface area (TPSA) is 64.7 Å². The quantitative estimate of drug-likeness (QED) is 0.751. The first-order valence-electron chi connectivity index (χ1n) is 8.90. The number of aromatic nitrogens is 4. The number of nitrogens with one attached hydrogen (secondary N) is 1. The van der Waals surface area contributed by atoms with Crippen LogP contribution in [0.4, 0.5) is 0 Å². The Labute approximate surface area is 146 Å².